The van der Waals surface area contributed by atoms with Gasteiger partial charge in [-0.1, -0.05) is 45.1 Å². The molecule has 0 saturated heterocycles. The van der Waals surface area contributed by atoms with Crippen LogP contribution in [0.5, 0.6) is 0 Å². The van der Waals surface area contributed by atoms with E-state index in [9.17, 15) is 0 Å². The van der Waals surface area contributed by atoms with E-state index in [0.29, 0.717) is 11.8 Å². The first-order valence-corrected chi connectivity index (χ1v) is 4.79. The van der Waals surface area contributed by atoms with E-state index in [1.807, 2.05) is 0 Å². The Morgan fingerprint density at radius 3 is 2.33 bits per heavy atom. The molecule has 0 aromatic heterocycles. The maximum atomic E-state index is 2.26. The van der Waals surface area contributed by atoms with Crippen LogP contribution in [-0.2, 0) is 0 Å². The van der Waals surface area contributed by atoms with Crippen LogP contribution in [0.25, 0.3) is 0 Å². The molecular formula is C12H21. The van der Waals surface area contributed by atoms with Crippen molar-refractivity contribution < 1.29 is 0 Å². The van der Waals surface area contributed by atoms with E-state index in [0.717, 1.165) is 6.42 Å². The number of hydrogen-bond acceptors (Lipinski definition) is 0. The fraction of sp³-hybridized carbons (Fsp3) is 0.583. The van der Waals surface area contributed by atoms with Gasteiger partial charge in [0.05, 0.1) is 0 Å². The molecule has 1 radical (unpaired) electrons. The van der Waals surface area contributed by atoms with Crippen LogP contribution in [0.4, 0.5) is 0 Å². The third kappa shape index (κ3) is 7.59. The average Bonchev–Trinajstić information content (AvgIpc) is 2.00. The SMILES string of the molecule is CC=CCC(C)[CH]C=CC(C)C. The quantitative estimate of drug-likeness (QED) is 0.540. The van der Waals surface area contributed by atoms with Crippen LogP contribution in [-0.4, -0.2) is 0 Å². The molecule has 0 aromatic rings. The highest BCUT2D eigenvalue weighted by Crippen LogP contribution is 2.08. The fourth-order valence-corrected chi connectivity index (χ4v) is 0.905. The lowest BCUT2D eigenvalue weighted by atomic mass is 10.0. The zero-order valence-corrected chi connectivity index (χ0v) is 8.75. The van der Waals surface area contributed by atoms with Crippen molar-refractivity contribution in [1.82, 2.24) is 0 Å². The Kier molecular flexibility index (Phi) is 6.84. The predicted molar refractivity (Wildman–Crippen MR) is 56.9 cm³/mol. The zero-order chi connectivity index (χ0) is 9.40. The molecule has 0 aliphatic rings. The van der Waals surface area contributed by atoms with Gasteiger partial charge in [-0.3, -0.25) is 0 Å². The maximum absolute atomic E-state index is 2.26. The monoisotopic (exact) mass is 165 g/mol. The van der Waals surface area contributed by atoms with Gasteiger partial charge in [-0.15, -0.1) is 0 Å². The van der Waals surface area contributed by atoms with E-state index in [-0.39, 0.29) is 0 Å². The topological polar surface area (TPSA) is 0 Å². The summed E-state index contributed by atoms with van der Waals surface area (Å²) in [6.45, 7) is 8.70. The van der Waals surface area contributed by atoms with Crippen molar-refractivity contribution in [2.45, 2.75) is 34.1 Å². The molecule has 0 heterocycles. The molecule has 1 atom stereocenters. The number of allylic oxidation sites excluding steroid dienone is 4. The van der Waals surface area contributed by atoms with Crippen LogP contribution in [0.3, 0.4) is 0 Å². The van der Waals surface area contributed by atoms with Crippen LogP contribution >= 0.6 is 0 Å². The molecule has 0 fully saturated rings. The smallest absolute Gasteiger partial charge is 0.0139 e. The molecule has 0 saturated carbocycles. The molecule has 0 aliphatic carbocycles. The lowest BCUT2D eigenvalue weighted by Crippen LogP contribution is -1.91. The highest BCUT2D eigenvalue weighted by atomic mass is 14.0. The maximum Gasteiger partial charge on any atom is -0.0139 e. The van der Waals surface area contributed by atoms with E-state index in [2.05, 4.69) is 58.4 Å². The van der Waals surface area contributed by atoms with Crippen LogP contribution < -0.4 is 0 Å². The first-order valence-electron chi connectivity index (χ1n) is 4.79. The zero-order valence-electron chi connectivity index (χ0n) is 8.75. The molecule has 0 amide bonds. The van der Waals surface area contributed by atoms with Gasteiger partial charge in [0, 0.05) is 0 Å². The van der Waals surface area contributed by atoms with Gasteiger partial charge in [0.25, 0.3) is 0 Å². The largest absolute Gasteiger partial charge is 0.0917 e. The standard InChI is InChI=1S/C12H21/c1-5-6-9-12(4)10-7-8-11(2)3/h5-8,10-12H,9H2,1-4H3. The van der Waals surface area contributed by atoms with E-state index in [1.165, 1.54) is 0 Å². The van der Waals surface area contributed by atoms with Gasteiger partial charge < -0.3 is 0 Å². The summed E-state index contributed by atoms with van der Waals surface area (Å²) in [5, 5.41) is 0. The highest BCUT2D eigenvalue weighted by Gasteiger charge is 1.95. The van der Waals surface area contributed by atoms with Crippen LogP contribution in [0.1, 0.15) is 34.1 Å². The predicted octanol–water partition coefficient (Wildman–Crippen LogP) is 4.01. The van der Waals surface area contributed by atoms with Crippen molar-refractivity contribution in [2.75, 3.05) is 0 Å². The molecule has 12 heavy (non-hydrogen) atoms. The summed E-state index contributed by atoms with van der Waals surface area (Å²) in [6, 6.07) is 0. The second-order valence-corrected chi connectivity index (χ2v) is 3.60. The first-order chi connectivity index (χ1) is 5.66. The van der Waals surface area contributed by atoms with E-state index in [4.69, 9.17) is 0 Å². The second-order valence-electron chi connectivity index (χ2n) is 3.60. The van der Waals surface area contributed by atoms with Crippen molar-refractivity contribution in [2.24, 2.45) is 11.8 Å². The van der Waals surface area contributed by atoms with E-state index in [1.54, 1.807) is 0 Å². The van der Waals surface area contributed by atoms with Crippen molar-refractivity contribution in [3.8, 4) is 0 Å². The van der Waals surface area contributed by atoms with Crippen LogP contribution in [0.2, 0.25) is 0 Å². The minimum Gasteiger partial charge on any atom is -0.0917 e. The third-order valence-corrected chi connectivity index (χ3v) is 1.68. The highest BCUT2D eigenvalue weighted by molar-refractivity contribution is 5.00. The van der Waals surface area contributed by atoms with E-state index >= 15 is 0 Å². The Bertz CT molecular complexity index is 140. The summed E-state index contributed by atoms with van der Waals surface area (Å²) in [6.07, 6.45) is 12.1. The normalized spacial score (nSPS) is 15.1. The Balaban J connectivity index is 3.49. The molecule has 69 valence electrons. The average molecular weight is 165 g/mol. The molecule has 0 N–H and O–H groups in total. The Morgan fingerprint density at radius 2 is 1.83 bits per heavy atom. The molecule has 0 aromatic carbocycles. The minimum absolute atomic E-state index is 0.662. The Morgan fingerprint density at radius 1 is 1.17 bits per heavy atom. The van der Waals surface area contributed by atoms with Gasteiger partial charge in [-0.25, -0.2) is 0 Å². The summed E-state index contributed by atoms with van der Waals surface area (Å²) in [7, 11) is 0. The van der Waals surface area contributed by atoms with E-state index < -0.39 is 0 Å². The fourth-order valence-electron chi connectivity index (χ4n) is 0.905. The number of rotatable bonds is 5. The van der Waals surface area contributed by atoms with Crippen molar-refractivity contribution >= 4 is 0 Å². The first kappa shape index (κ1) is 11.5. The molecule has 0 aliphatic heterocycles. The van der Waals surface area contributed by atoms with Gasteiger partial charge in [0.2, 0.25) is 0 Å². The van der Waals surface area contributed by atoms with Gasteiger partial charge in [-0.2, -0.15) is 0 Å². The Hall–Kier alpha value is -0.520. The van der Waals surface area contributed by atoms with Gasteiger partial charge in [0.15, 0.2) is 0 Å². The van der Waals surface area contributed by atoms with Crippen LogP contribution in [0.15, 0.2) is 24.3 Å². The summed E-state index contributed by atoms with van der Waals surface area (Å²) >= 11 is 0. The lowest BCUT2D eigenvalue weighted by molar-refractivity contribution is 0.702. The second kappa shape index (κ2) is 7.15. The molecule has 0 rings (SSSR count). The summed E-state index contributed by atoms with van der Waals surface area (Å²) < 4.78 is 0. The number of hydrogen-bond donors (Lipinski definition) is 0. The summed E-state index contributed by atoms with van der Waals surface area (Å²) in [4.78, 5) is 0. The van der Waals surface area contributed by atoms with Crippen molar-refractivity contribution in [1.29, 1.82) is 0 Å². The van der Waals surface area contributed by atoms with Gasteiger partial charge in [-0.05, 0) is 31.6 Å². The molecular weight excluding hydrogens is 144 g/mol. The Labute approximate surface area is 77.4 Å². The van der Waals surface area contributed by atoms with Crippen molar-refractivity contribution in [3.63, 3.8) is 0 Å². The van der Waals surface area contributed by atoms with Gasteiger partial charge >= 0.3 is 0 Å². The molecule has 0 nitrogen and oxygen atoms in total. The molecule has 0 bridgehead atoms. The van der Waals surface area contributed by atoms with Crippen molar-refractivity contribution in [3.05, 3.63) is 30.7 Å². The lowest BCUT2D eigenvalue weighted by Gasteiger charge is -2.03. The van der Waals surface area contributed by atoms with Crippen LogP contribution in [0, 0.1) is 18.3 Å². The van der Waals surface area contributed by atoms with Gasteiger partial charge in [0.1, 0.15) is 0 Å². The summed E-state index contributed by atoms with van der Waals surface area (Å²) in [5.74, 6) is 1.33. The molecule has 1 unspecified atom stereocenters. The minimum atomic E-state index is 0.662. The summed E-state index contributed by atoms with van der Waals surface area (Å²) in [5.41, 5.74) is 0. The third-order valence-electron chi connectivity index (χ3n) is 1.68. The molecule has 0 heteroatoms. The molecule has 0 spiro atoms.